The van der Waals surface area contributed by atoms with E-state index in [0.717, 1.165) is 6.54 Å². The molecule has 0 amide bonds. The van der Waals surface area contributed by atoms with Gasteiger partial charge >= 0.3 is 0 Å². The molecule has 86 valence electrons. The van der Waals surface area contributed by atoms with Crippen molar-refractivity contribution >= 4 is 0 Å². The molecule has 0 aliphatic heterocycles. The highest BCUT2D eigenvalue weighted by Crippen LogP contribution is 2.33. The van der Waals surface area contributed by atoms with Crippen LogP contribution < -0.4 is 5.32 Å². The van der Waals surface area contributed by atoms with Crippen LogP contribution in [0, 0.1) is 5.41 Å². The summed E-state index contributed by atoms with van der Waals surface area (Å²) in [4.78, 5) is 0. The van der Waals surface area contributed by atoms with E-state index in [1.165, 1.54) is 45.1 Å². The van der Waals surface area contributed by atoms with Gasteiger partial charge in [0, 0.05) is 0 Å². The molecular weight excluding hydrogens is 170 g/mol. The van der Waals surface area contributed by atoms with E-state index < -0.39 is 0 Å². The van der Waals surface area contributed by atoms with Crippen molar-refractivity contribution in [1.29, 1.82) is 0 Å². The maximum atomic E-state index is 3.44. The minimum absolute atomic E-state index is 0.590. The zero-order chi connectivity index (χ0) is 10.9. The van der Waals surface area contributed by atoms with Crippen LogP contribution in [0.3, 0.4) is 0 Å². The van der Waals surface area contributed by atoms with Crippen LogP contribution in [0.5, 0.6) is 0 Å². The lowest BCUT2D eigenvalue weighted by atomic mass is 9.78. The van der Waals surface area contributed by atoms with Crippen molar-refractivity contribution in [2.75, 3.05) is 13.1 Å². The topological polar surface area (TPSA) is 12.0 Å². The summed E-state index contributed by atoms with van der Waals surface area (Å²) in [7, 11) is 0. The number of nitrogens with one attached hydrogen (secondary N) is 1. The molecule has 0 heterocycles. The molecule has 0 aliphatic carbocycles. The van der Waals surface area contributed by atoms with Crippen LogP contribution >= 0.6 is 0 Å². The predicted molar refractivity (Wildman–Crippen MR) is 65.7 cm³/mol. The lowest BCUT2D eigenvalue weighted by Crippen LogP contribution is -2.24. The fraction of sp³-hybridized carbons (Fsp3) is 1.00. The molecule has 0 aliphatic rings. The van der Waals surface area contributed by atoms with Crippen LogP contribution in [-0.2, 0) is 0 Å². The Morgan fingerprint density at radius 3 is 2.14 bits per heavy atom. The highest BCUT2D eigenvalue weighted by Gasteiger charge is 2.21. The van der Waals surface area contributed by atoms with Crippen LogP contribution in [0.4, 0.5) is 0 Å². The minimum atomic E-state index is 0.590. The molecule has 14 heavy (non-hydrogen) atoms. The Morgan fingerprint density at radius 1 is 0.929 bits per heavy atom. The van der Waals surface area contributed by atoms with Crippen molar-refractivity contribution in [1.82, 2.24) is 5.32 Å². The fourth-order valence-corrected chi connectivity index (χ4v) is 2.15. The standard InChI is InChI=1S/C13H29N/c1-5-8-10-13(4,9-6-2)11-12-14-7-3/h14H,5-12H2,1-4H3. The first-order chi connectivity index (χ1) is 6.68. The summed E-state index contributed by atoms with van der Waals surface area (Å²) in [5.74, 6) is 0. The molecule has 0 aromatic carbocycles. The van der Waals surface area contributed by atoms with Crippen molar-refractivity contribution in [3.63, 3.8) is 0 Å². The molecule has 0 fully saturated rings. The van der Waals surface area contributed by atoms with E-state index >= 15 is 0 Å². The summed E-state index contributed by atoms with van der Waals surface area (Å²) in [6.45, 7) is 11.5. The largest absolute Gasteiger partial charge is 0.317 e. The van der Waals surface area contributed by atoms with Gasteiger partial charge in [-0.3, -0.25) is 0 Å². The molecule has 0 aromatic rings. The highest BCUT2D eigenvalue weighted by atomic mass is 14.8. The second-order valence-corrected chi connectivity index (χ2v) is 4.77. The molecule has 0 bridgehead atoms. The molecule has 1 atom stereocenters. The van der Waals surface area contributed by atoms with Crippen molar-refractivity contribution in [2.45, 2.75) is 66.2 Å². The first-order valence-electron chi connectivity index (χ1n) is 6.39. The van der Waals surface area contributed by atoms with E-state index in [1.54, 1.807) is 0 Å². The fourth-order valence-electron chi connectivity index (χ4n) is 2.15. The van der Waals surface area contributed by atoms with Gasteiger partial charge in [0.1, 0.15) is 0 Å². The minimum Gasteiger partial charge on any atom is -0.317 e. The quantitative estimate of drug-likeness (QED) is 0.554. The van der Waals surface area contributed by atoms with Gasteiger partial charge < -0.3 is 5.32 Å². The summed E-state index contributed by atoms with van der Waals surface area (Å²) in [5.41, 5.74) is 0.590. The first kappa shape index (κ1) is 14.0. The Morgan fingerprint density at radius 2 is 1.64 bits per heavy atom. The Labute approximate surface area is 90.7 Å². The van der Waals surface area contributed by atoms with E-state index in [0.29, 0.717) is 5.41 Å². The Balaban J connectivity index is 3.82. The van der Waals surface area contributed by atoms with Crippen molar-refractivity contribution in [2.24, 2.45) is 5.41 Å². The van der Waals surface area contributed by atoms with Crippen LogP contribution in [0.2, 0.25) is 0 Å². The molecule has 0 saturated carbocycles. The van der Waals surface area contributed by atoms with Gasteiger partial charge in [-0.25, -0.2) is 0 Å². The molecular formula is C13H29N. The Hall–Kier alpha value is -0.0400. The van der Waals surface area contributed by atoms with Crippen LogP contribution in [0.1, 0.15) is 66.2 Å². The predicted octanol–water partition coefficient (Wildman–Crippen LogP) is 3.98. The zero-order valence-corrected chi connectivity index (χ0v) is 10.7. The Bertz CT molecular complexity index is 122. The van der Waals surface area contributed by atoms with Gasteiger partial charge in [0.25, 0.3) is 0 Å². The van der Waals surface area contributed by atoms with E-state index in [-0.39, 0.29) is 0 Å². The summed E-state index contributed by atoms with van der Waals surface area (Å²) < 4.78 is 0. The van der Waals surface area contributed by atoms with Gasteiger partial charge in [-0.2, -0.15) is 0 Å². The molecule has 0 spiro atoms. The lowest BCUT2D eigenvalue weighted by molar-refractivity contribution is 0.237. The van der Waals surface area contributed by atoms with Gasteiger partial charge in [0.15, 0.2) is 0 Å². The van der Waals surface area contributed by atoms with Crippen LogP contribution in [0.25, 0.3) is 0 Å². The lowest BCUT2D eigenvalue weighted by Gasteiger charge is -2.29. The molecule has 0 radical (unpaired) electrons. The third-order valence-corrected chi connectivity index (χ3v) is 3.14. The maximum absolute atomic E-state index is 3.44. The van der Waals surface area contributed by atoms with Crippen LogP contribution in [0.15, 0.2) is 0 Å². The SMILES string of the molecule is CCCCC(C)(CCC)CCNCC. The summed E-state index contributed by atoms with van der Waals surface area (Å²) >= 11 is 0. The van der Waals surface area contributed by atoms with Gasteiger partial charge in [-0.05, 0) is 37.8 Å². The normalized spacial score (nSPS) is 15.4. The monoisotopic (exact) mass is 199 g/mol. The third kappa shape index (κ3) is 6.42. The van der Waals surface area contributed by atoms with E-state index in [2.05, 4.69) is 33.0 Å². The number of unbranched alkanes of at least 4 members (excludes halogenated alkanes) is 1. The molecule has 0 saturated heterocycles. The Kier molecular flexibility index (Phi) is 8.26. The van der Waals surface area contributed by atoms with E-state index in [9.17, 15) is 0 Å². The molecule has 1 nitrogen and oxygen atoms in total. The van der Waals surface area contributed by atoms with Gasteiger partial charge in [0.2, 0.25) is 0 Å². The van der Waals surface area contributed by atoms with Crippen LogP contribution in [-0.4, -0.2) is 13.1 Å². The number of hydrogen-bond acceptors (Lipinski definition) is 1. The van der Waals surface area contributed by atoms with Gasteiger partial charge in [-0.15, -0.1) is 0 Å². The second-order valence-electron chi connectivity index (χ2n) is 4.77. The van der Waals surface area contributed by atoms with E-state index in [1.807, 2.05) is 0 Å². The molecule has 1 unspecified atom stereocenters. The average molecular weight is 199 g/mol. The summed E-state index contributed by atoms with van der Waals surface area (Å²) in [6.07, 6.45) is 8.19. The maximum Gasteiger partial charge on any atom is -0.00438 e. The second kappa shape index (κ2) is 8.28. The smallest absolute Gasteiger partial charge is 0.00438 e. The third-order valence-electron chi connectivity index (χ3n) is 3.14. The number of hydrogen-bond donors (Lipinski definition) is 1. The highest BCUT2D eigenvalue weighted by molar-refractivity contribution is 4.74. The number of rotatable bonds is 9. The van der Waals surface area contributed by atoms with Gasteiger partial charge in [-0.1, -0.05) is 47.0 Å². The average Bonchev–Trinajstić information content (AvgIpc) is 2.16. The zero-order valence-electron chi connectivity index (χ0n) is 10.7. The molecule has 0 aromatic heterocycles. The van der Waals surface area contributed by atoms with Gasteiger partial charge in [0.05, 0.1) is 0 Å². The van der Waals surface area contributed by atoms with Crippen molar-refractivity contribution in [3.05, 3.63) is 0 Å². The van der Waals surface area contributed by atoms with Crippen molar-refractivity contribution < 1.29 is 0 Å². The molecule has 1 N–H and O–H groups in total. The van der Waals surface area contributed by atoms with E-state index in [4.69, 9.17) is 0 Å². The van der Waals surface area contributed by atoms with Crippen molar-refractivity contribution in [3.8, 4) is 0 Å². The summed E-state index contributed by atoms with van der Waals surface area (Å²) in [5, 5.41) is 3.44. The summed E-state index contributed by atoms with van der Waals surface area (Å²) in [6, 6.07) is 0. The molecule has 1 heteroatoms. The first-order valence-corrected chi connectivity index (χ1v) is 6.39. The molecule has 0 rings (SSSR count).